The zero-order valence-electron chi connectivity index (χ0n) is 10.2. The molecule has 0 spiro atoms. The maximum absolute atomic E-state index is 3.92. The number of hydrogen-bond acceptors (Lipinski definition) is 1. The highest BCUT2D eigenvalue weighted by atomic mass is 32.2. The van der Waals surface area contributed by atoms with Crippen molar-refractivity contribution in [3.63, 3.8) is 0 Å². The van der Waals surface area contributed by atoms with Crippen molar-refractivity contribution in [1.29, 1.82) is 0 Å². The molecule has 0 nitrogen and oxygen atoms in total. The van der Waals surface area contributed by atoms with E-state index in [9.17, 15) is 0 Å². The van der Waals surface area contributed by atoms with Gasteiger partial charge in [0, 0.05) is 9.27 Å². The van der Waals surface area contributed by atoms with Crippen molar-refractivity contribution in [2.45, 2.75) is 41.2 Å². The summed E-state index contributed by atoms with van der Waals surface area (Å²) in [5, 5.41) is 0. The molecule has 0 unspecified atom stereocenters. The van der Waals surface area contributed by atoms with Crippen molar-refractivity contribution in [3.05, 3.63) is 43.0 Å². The van der Waals surface area contributed by atoms with E-state index in [1.165, 1.54) is 23.8 Å². The topological polar surface area (TPSA) is 0 Å². The maximum Gasteiger partial charge on any atom is 0.0698 e. The predicted molar refractivity (Wildman–Crippen MR) is 76.8 cm³/mol. The third-order valence-corrected chi connectivity index (χ3v) is 11.2. The van der Waals surface area contributed by atoms with E-state index in [1.807, 2.05) is 0 Å². The minimum absolute atomic E-state index is 0.586. The summed E-state index contributed by atoms with van der Waals surface area (Å²) in [5.74, 6) is 0. The van der Waals surface area contributed by atoms with Gasteiger partial charge in [0.15, 0.2) is 0 Å². The van der Waals surface area contributed by atoms with Gasteiger partial charge in [-0.25, -0.2) is 0 Å². The predicted octanol–water partition coefficient (Wildman–Crippen LogP) is 4.74. The summed E-state index contributed by atoms with van der Waals surface area (Å²) in [7, 11) is -1.16. The van der Waals surface area contributed by atoms with Crippen molar-refractivity contribution in [1.82, 2.24) is 0 Å². The highest BCUT2D eigenvalue weighted by Crippen LogP contribution is 2.58. The lowest BCUT2D eigenvalue weighted by atomic mass is 10.4. The van der Waals surface area contributed by atoms with Gasteiger partial charge in [0.1, 0.15) is 0 Å². The summed E-state index contributed by atoms with van der Waals surface area (Å²) in [6.45, 7) is 8.94. The Hall–Kier alpha value is -0.473. The quantitative estimate of drug-likeness (QED) is 0.535. The van der Waals surface area contributed by atoms with Crippen LogP contribution in [0.25, 0.3) is 0 Å². The highest BCUT2D eigenvalue weighted by Gasteiger charge is 2.55. The van der Waals surface area contributed by atoms with E-state index in [4.69, 9.17) is 0 Å². The van der Waals surface area contributed by atoms with Crippen LogP contribution in [-0.4, -0.2) is 12.4 Å². The van der Waals surface area contributed by atoms with Crippen molar-refractivity contribution >= 4 is 19.8 Å². The summed E-state index contributed by atoms with van der Waals surface area (Å²) in [6.07, 6.45) is 4.93. The number of hydrogen-bond donors (Lipinski definition) is 0. The molecule has 0 aliphatic heterocycles. The molecular weight excluding hydrogens is 228 g/mol. The molecule has 0 N–H and O–H groups in total. The fourth-order valence-corrected chi connectivity index (χ4v) is 7.62. The third kappa shape index (κ3) is 2.28. The Balaban J connectivity index is 2.12. The molecule has 0 radical (unpaired) electrons. The van der Waals surface area contributed by atoms with Gasteiger partial charge < -0.3 is 0 Å². The molecule has 1 fully saturated rings. The largest absolute Gasteiger partial charge is 0.123 e. The number of thioether (sulfide) groups is 1. The lowest BCUT2D eigenvalue weighted by Crippen LogP contribution is -2.40. The molecule has 0 heterocycles. The van der Waals surface area contributed by atoms with Gasteiger partial charge in [-0.1, -0.05) is 37.4 Å². The van der Waals surface area contributed by atoms with Crippen LogP contribution in [-0.2, 0) is 0 Å². The van der Waals surface area contributed by atoms with Gasteiger partial charge in [-0.3, -0.25) is 0 Å². The second-order valence-electron chi connectivity index (χ2n) is 5.29. The molecular formula is C14H20SSi. The van der Waals surface area contributed by atoms with Crippen LogP contribution in [0.1, 0.15) is 12.8 Å². The number of rotatable bonds is 5. The molecule has 1 aromatic carbocycles. The first-order valence-electron chi connectivity index (χ1n) is 5.95. The van der Waals surface area contributed by atoms with Crippen LogP contribution in [0.5, 0.6) is 0 Å². The van der Waals surface area contributed by atoms with Crippen molar-refractivity contribution < 1.29 is 0 Å². The van der Waals surface area contributed by atoms with Gasteiger partial charge >= 0.3 is 0 Å². The smallest absolute Gasteiger partial charge is 0.0698 e. The lowest BCUT2D eigenvalue weighted by Gasteiger charge is -2.31. The minimum atomic E-state index is -1.16. The van der Waals surface area contributed by atoms with Crippen LogP contribution in [0.4, 0.5) is 0 Å². The molecule has 1 aliphatic rings. The SMILES string of the molecule is C=CC[Si](C)(C)C1(Sc2ccccc2)CC1. The lowest BCUT2D eigenvalue weighted by molar-refractivity contribution is 1.21. The fraction of sp³-hybridized carbons (Fsp3) is 0.429. The molecule has 0 bridgehead atoms. The monoisotopic (exact) mass is 248 g/mol. The van der Waals surface area contributed by atoms with Gasteiger partial charge in [-0.2, -0.15) is 0 Å². The minimum Gasteiger partial charge on any atom is -0.123 e. The zero-order valence-corrected chi connectivity index (χ0v) is 12.0. The first kappa shape index (κ1) is 12.0. The average molecular weight is 248 g/mol. The Morgan fingerprint density at radius 3 is 2.44 bits per heavy atom. The molecule has 16 heavy (non-hydrogen) atoms. The molecule has 2 heteroatoms. The van der Waals surface area contributed by atoms with Gasteiger partial charge in [0.25, 0.3) is 0 Å². The Morgan fingerprint density at radius 2 is 1.94 bits per heavy atom. The van der Waals surface area contributed by atoms with Crippen LogP contribution in [0.2, 0.25) is 19.1 Å². The molecule has 1 saturated carbocycles. The summed E-state index contributed by atoms with van der Waals surface area (Å²) < 4.78 is 0.586. The molecule has 1 aromatic rings. The third-order valence-electron chi connectivity index (χ3n) is 3.65. The Kier molecular flexibility index (Phi) is 3.31. The van der Waals surface area contributed by atoms with E-state index in [2.05, 4.69) is 67.8 Å². The van der Waals surface area contributed by atoms with Gasteiger partial charge in [0.2, 0.25) is 0 Å². The standard InChI is InChI=1S/C14H20SSi/c1-4-12-16(2,3)14(10-11-14)15-13-8-6-5-7-9-13/h4-9H,1,10-12H2,2-3H3. The van der Waals surface area contributed by atoms with E-state index in [1.54, 1.807) is 0 Å². The van der Waals surface area contributed by atoms with Crippen LogP contribution in [0.15, 0.2) is 47.9 Å². The molecule has 0 aromatic heterocycles. The summed E-state index contributed by atoms with van der Waals surface area (Å²) in [5.41, 5.74) is 0. The molecule has 1 aliphatic carbocycles. The van der Waals surface area contributed by atoms with Crippen molar-refractivity contribution in [2.24, 2.45) is 0 Å². The van der Waals surface area contributed by atoms with E-state index in [0.717, 1.165) is 0 Å². The summed E-state index contributed by atoms with van der Waals surface area (Å²) in [4.78, 5) is 1.43. The summed E-state index contributed by atoms with van der Waals surface area (Å²) >= 11 is 2.12. The maximum atomic E-state index is 3.92. The van der Waals surface area contributed by atoms with E-state index >= 15 is 0 Å². The second-order valence-corrected chi connectivity index (χ2v) is 12.2. The first-order chi connectivity index (χ1) is 7.60. The van der Waals surface area contributed by atoms with Crippen molar-refractivity contribution in [2.75, 3.05) is 0 Å². The van der Waals surface area contributed by atoms with E-state index in [0.29, 0.717) is 4.37 Å². The Labute approximate surface area is 104 Å². The first-order valence-corrected chi connectivity index (χ1v) is 9.97. The number of benzene rings is 1. The van der Waals surface area contributed by atoms with Crippen molar-refractivity contribution in [3.8, 4) is 0 Å². The van der Waals surface area contributed by atoms with Gasteiger partial charge in [-0.05, 0) is 31.0 Å². The fourth-order valence-electron chi connectivity index (χ4n) is 2.29. The Bertz CT molecular complexity index is 366. The van der Waals surface area contributed by atoms with Crippen LogP contribution in [0, 0.1) is 0 Å². The molecule has 2 rings (SSSR count). The molecule has 0 saturated heterocycles. The highest BCUT2D eigenvalue weighted by molar-refractivity contribution is 8.02. The Morgan fingerprint density at radius 1 is 1.31 bits per heavy atom. The average Bonchev–Trinajstić information content (AvgIpc) is 3.01. The normalized spacial score (nSPS) is 18.1. The molecule has 0 atom stereocenters. The molecule has 86 valence electrons. The summed E-state index contributed by atoms with van der Waals surface area (Å²) in [6, 6.07) is 12.1. The second kappa shape index (κ2) is 4.42. The molecule has 0 amide bonds. The van der Waals surface area contributed by atoms with Crippen LogP contribution < -0.4 is 0 Å². The van der Waals surface area contributed by atoms with Crippen LogP contribution >= 0.6 is 11.8 Å². The van der Waals surface area contributed by atoms with E-state index in [-0.39, 0.29) is 0 Å². The van der Waals surface area contributed by atoms with Crippen LogP contribution in [0.3, 0.4) is 0 Å². The van der Waals surface area contributed by atoms with E-state index < -0.39 is 8.07 Å². The zero-order chi connectivity index (χ0) is 11.6. The van der Waals surface area contributed by atoms with Gasteiger partial charge in [0.05, 0.1) is 8.07 Å². The van der Waals surface area contributed by atoms with Gasteiger partial charge in [-0.15, -0.1) is 18.3 Å². The number of allylic oxidation sites excluding steroid dienone is 1.